The van der Waals surface area contributed by atoms with Gasteiger partial charge in [0.05, 0.1) is 13.2 Å². The molecule has 1 aromatic carbocycles. The van der Waals surface area contributed by atoms with Crippen molar-refractivity contribution >= 4 is 16.1 Å². The highest BCUT2D eigenvalue weighted by Gasteiger charge is 2.36. The third-order valence-electron chi connectivity index (χ3n) is 5.11. The van der Waals surface area contributed by atoms with E-state index in [1.807, 2.05) is 0 Å². The molecule has 1 unspecified atom stereocenters. The largest absolute Gasteiger partial charge is 0.379 e. The van der Waals surface area contributed by atoms with Gasteiger partial charge in [0.1, 0.15) is 11.9 Å². The Balaban J connectivity index is 1.66. The summed E-state index contributed by atoms with van der Waals surface area (Å²) in [7, 11) is 0.0623. The smallest absolute Gasteiger partial charge is 0.282 e. The molecule has 1 atom stereocenters. The molecule has 2 heterocycles. The number of likely N-dealkylation sites (N-methyl/N-ethyl adjacent to an activating group) is 1. The van der Waals surface area contributed by atoms with E-state index in [1.165, 1.54) is 20.7 Å². The lowest BCUT2D eigenvalue weighted by molar-refractivity contribution is -0.137. The van der Waals surface area contributed by atoms with Crippen LogP contribution in [0.15, 0.2) is 24.3 Å². The van der Waals surface area contributed by atoms with Crippen molar-refractivity contribution < 1.29 is 22.3 Å². The fourth-order valence-corrected chi connectivity index (χ4v) is 5.12. The van der Waals surface area contributed by atoms with Crippen LogP contribution in [0, 0.1) is 5.82 Å². The van der Waals surface area contributed by atoms with E-state index in [9.17, 15) is 17.6 Å². The first-order valence-corrected chi connectivity index (χ1v) is 10.7. The van der Waals surface area contributed by atoms with E-state index in [0.717, 1.165) is 0 Å². The van der Waals surface area contributed by atoms with Crippen molar-refractivity contribution in [1.82, 2.24) is 18.4 Å². The Morgan fingerprint density at radius 2 is 1.54 bits per heavy atom. The fourth-order valence-electron chi connectivity index (χ4n) is 3.56. The second kappa shape index (κ2) is 8.83. The summed E-state index contributed by atoms with van der Waals surface area (Å²) in [5, 5.41) is 0. The normalized spacial score (nSPS) is 21.1. The maximum absolute atomic E-state index is 13.2. The fraction of sp³-hybridized carbons (Fsp3) is 0.611. The Bertz CT molecular complexity index is 773. The number of hydrogen-bond acceptors (Lipinski definition) is 5. The number of carbonyl (C=O) groups is 1. The van der Waals surface area contributed by atoms with Gasteiger partial charge in [-0.25, -0.2) is 4.39 Å². The first-order valence-electron chi connectivity index (χ1n) is 9.34. The molecule has 0 saturated carbocycles. The number of piperazine rings is 1. The highest BCUT2D eigenvalue weighted by molar-refractivity contribution is 7.86. The summed E-state index contributed by atoms with van der Waals surface area (Å²) >= 11 is 0. The molecular formula is C18H27FN4O4S. The zero-order valence-electron chi connectivity index (χ0n) is 16.3. The number of carbonyl (C=O) groups excluding carboxylic acids is 1. The predicted octanol–water partition coefficient (Wildman–Crippen LogP) is 0.150. The van der Waals surface area contributed by atoms with Gasteiger partial charge in [0.25, 0.3) is 10.2 Å². The van der Waals surface area contributed by atoms with Crippen LogP contribution in [0.25, 0.3) is 0 Å². The van der Waals surface area contributed by atoms with Crippen molar-refractivity contribution in [1.29, 1.82) is 0 Å². The molecule has 0 bridgehead atoms. The van der Waals surface area contributed by atoms with Gasteiger partial charge in [-0.15, -0.1) is 0 Å². The summed E-state index contributed by atoms with van der Waals surface area (Å²) in [5.74, 6) is -0.462. The average molecular weight is 415 g/mol. The van der Waals surface area contributed by atoms with Crippen LogP contribution in [0.2, 0.25) is 0 Å². The van der Waals surface area contributed by atoms with Crippen LogP contribution in [0.5, 0.6) is 0 Å². The van der Waals surface area contributed by atoms with Crippen molar-refractivity contribution in [3.63, 3.8) is 0 Å². The Labute approximate surface area is 165 Å². The molecule has 8 nitrogen and oxygen atoms in total. The standard InChI is InChI=1S/C18H27FN4O4S/c1-20(2)17(15-3-5-16(19)6-4-15)18(24)21-7-9-22(10-8-21)28(25,26)23-11-13-27-14-12-23/h3-6,17H,7-14H2,1-2H3. The maximum Gasteiger partial charge on any atom is 0.282 e. The third kappa shape index (κ3) is 4.52. The second-order valence-corrected chi connectivity index (χ2v) is 9.09. The van der Waals surface area contributed by atoms with Gasteiger partial charge in [0.15, 0.2) is 0 Å². The van der Waals surface area contributed by atoms with Gasteiger partial charge in [-0.2, -0.15) is 17.0 Å². The minimum Gasteiger partial charge on any atom is -0.379 e. The highest BCUT2D eigenvalue weighted by Crippen LogP contribution is 2.23. The first-order chi connectivity index (χ1) is 13.3. The Hall–Kier alpha value is -1.59. The molecule has 0 spiro atoms. The van der Waals surface area contributed by atoms with Gasteiger partial charge in [0.2, 0.25) is 5.91 Å². The van der Waals surface area contributed by atoms with Gasteiger partial charge in [-0.1, -0.05) is 12.1 Å². The van der Waals surface area contributed by atoms with E-state index in [1.54, 1.807) is 36.0 Å². The Morgan fingerprint density at radius 3 is 2.07 bits per heavy atom. The number of morpholine rings is 1. The molecule has 28 heavy (non-hydrogen) atoms. The molecule has 2 aliphatic heterocycles. The topological polar surface area (TPSA) is 73.4 Å². The van der Waals surface area contributed by atoms with Gasteiger partial charge in [-0.3, -0.25) is 9.69 Å². The number of ether oxygens (including phenoxy) is 1. The molecule has 10 heteroatoms. The minimum atomic E-state index is -3.53. The van der Waals surface area contributed by atoms with Crippen molar-refractivity contribution in [2.24, 2.45) is 0 Å². The molecule has 156 valence electrons. The number of nitrogens with zero attached hydrogens (tertiary/aromatic N) is 4. The van der Waals surface area contributed by atoms with Crippen LogP contribution < -0.4 is 0 Å². The lowest BCUT2D eigenvalue weighted by Gasteiger charge is -2.39. The van der Waals surface area contributed by atoms with Crippen LogP contribution in [0.1, 0.15) is 11.6 Å². The highest BCUT2D eigenvalue weighted by atomic mass is 32.2. The number of benzene rings is 1. The molecule has 1 aromatic rings. The van der Waals surface area contributed by atoms with Gasteiger partial charge in [0, 0.05) is 39.3 Å². The molecule has 0 radical (unpaired) electrons. The van der Waals surface area contributed by atoms with Gasteiger partial charge in [-0.05, 0) is 31.8 Å². The van der Waals surface area contributed by atoms with Crippen LogP contribution in [0.3, 0.4) is 0 Å². The Kier molecular flexibility index (Phi) is 6.66. The van der Waals surface area contributed by atoms with E-state index in [2.05, 4.69) is 0 Å². The van der Waals surface area contributed by atoms with Crippen molar-refractivity contribution in [3.05, 3.63) is 35.6 Å². The van der Waals surface area contributed by atoms with Crippen molar-refractivity contribution in [3.8, 4) is 0 Å². The summed E-state index contributed by atoms with van der Waals surface area (Å²) in [6.07, 6.45) is 0. The lowest BCUT2D eigenvalue weighted by atomic mass is 10.0. The van der Waals surface area contributed by atoms with E-state index in [-0.39, 0.29) is 24.8 Å². The lowest BCUT2D eigenvalue weighted by Crippen LogP contribution is -2.56. The molecule has 1 amide bonds. The molecular weight excluding hydrogens is 387 g/mol. The summed E-state index contributed by atoms with van der Waals surface area (Å²) in [5.41, 5.74) is 0.708. The summed E-state index contributed by atoms with van der Waals surface area (Å²) in [6, 6.07) is 5.36. The molecule has 3 rings (SSSR count). The van der Waals surface area contributed by atoms with Crippen molar-refractivity contribution in [2.75, 3.05) is 66.6 Å². The summed E-state index contributed by atoms with van der Waals surface area (Å²) in [4.78, 5) is 16.5. The van der Waals surface area contributed by atoms with Crippen molar-refractivity contribution in [2.45, 2.75) is 6.04 Å². The SMILES string of the molecule is CN(C)C(C(=O)N1CCN(S(=O)(=O)N2CCOCC2)CC1)c1ccc(F)cc1. The molecule has 0 N–H and O–H groups in total. The number of amides is 1. The van der Waals surface area contributed by atoms with Crippen LogP contribution in [0.4, 0.5) is 4.39 Å². The zero-order valence-corrected chi connectivity index (χ0v) is 17.1. The van der Waals surface area contributed by atoms with Gasteiger partial charge < -0.3 is 9.64 Å². The first kappa shape index (κ1) is 21.1. The summed E-state index contributed by atoms with van der Waals surface area (Å²) < 4.78 is 46.9. The number of halogens is 1. The second-order valence-electron chi connectivity index (χ2n) is 7.16. The summed E-state index contributed by atoms with van der Waals surface area (Å²) in [6.45, 7) is 2.69. The van der Waals surface area contributed by atoms with E-state index >= 15 is 0 Å². The molecule has 0 aliphatic carbocycles. The Morgan fingerprint density at radius 1 is 1.00 bits per heavy atom. The quantitative estimate of drug-likeness (QED) is 0.686. The molecule has 2 aliphatic rings. The average Bonchev–Trinajstić information content (AvgIpc) is 2.70. The van der Waals surface area contributed by atoms with Crippen LogP contribution in [-0.4, -0.2) is 99.3 Å². The number of rotatable bonds is 5. The molecule has 2 saturated heterocycles. The molecule has 2 fully saturated rings. The van der Waals surface area contributed by atoms with Gasteiger partial charge >= 0.3 is 0 Å². The number of hydrogen-bond donors (Lipinski definition) is 0. The third-order valence-corrected chi connectivity index (χ3v) is 7.14. The zero-order chi connectivity index (χ0) is 20.3. The van der Waals surface area contributed by atoms with E-state index in [4.69, 9.17) is 4.74 Å². The van der Waals surface area contributed by atoms with Crippen LogP contribution >= 0.6 is 0 Å². The maximum atomic E-state index is 13.2. The predicted molar refractivity (Wildman–Crippen MR) is 102 cm³/mol. The van der Waals surface area contributed by atoms with E-state index in [0.29, 0.717) is 45.0 Å². The molecule has 0 aromatic heterocycles. The van der Waals surface area contributed by atoms with E-state index < -0.39 is 16.3 Å². The monoisotopic (exact) mass is 414 g/mol. The van der Waals surface area contributed by atoms with Crippen LogP contribution in [-0.2, 0) is 19.7 Å². The minimum absolute atomic E-state index is 0.111.